The van der Waals surface area contributed by atoms with Gasteiger partial charge in [0.15, 0.2) is 0 Å². The first-order valence-electron chi connectivity index (χ1n) is 8.24. The Morgan fingerprint density at radius 1 is 1.08 bits per heavy atom. The summed E-state index contributed by atoms with van der Waals surface area (Å²) < 4.78 is 11.3. The van der Waals surface area contributed by atoms with Crippen molar-refractivity contribution in [2.24, 2.45) is 0 Å². The average molecular weight is 348 g/mol. The number of carbonyl (C=O) groups is 1. The molecule has 0 fully saturated rings. The fraction of sp³-hybridized carbons (Fsp3) is 0.143. The second kappa shape index (κ2) is 8.16. The Labute approximate surface area is 152 Å². The number of hydrogen-bond acceptors (Lipinski definition) is 4. The number of pyridine rings is 1. The smallest absolute Gasteiger partial charge is 0.259 e. The van der Waals surface area contributed by atoms with Crippen LogP contribution in [-0.2, 0) is 6.61 Å². The number of nitrogens with zero attached hydrogens (tertiary/aromatic N) is 1. The summed E-state index contributed by atoms with van der Waals surface area (Å²) in [6, 6.07) is 16.6. The van der Waals surface area contributed by atoms with Gasteiger partial charge in [-0.1, -0.05) is 23.8 Å². The highest BCUT2D eigenvalue weighted by Gasteiger charge is 2.13. The lowest BCUT2D eigenvalue weighted by molar-refractivity contribution is 0.102. The molecule has 26 heavy (non-hydrogen) atoms. The van der Waals surface area contributed by atoms with E-state index in [0.717, 1.165) is 16.9 Å². The van der Waals surface area contributed by atoms with Crippen molar-refractivity contribution in [1.29, 1.82) is 0 Å². The molecule has 0 saturated heterocycles. The fourth-order valence-electron chi connectivity index (χ4n) is 2.59. The number of anilines is 1. The van der Waals surface area contributed by atoms with Crippen LogP contribution in [0.15, 0.2) is 67.0 Å². The van der Waals surface area contributed by atoms with Crippen molar-refractivity contribution in [1.82, 2.24) is 4.98 Å². The topological polar surface area (TPSA) is 60.5 Å². The highest BCUT2D eigenvalue weighted by Crippen LogP contribution is 2.24. The van der Waals surface area contributed by atoms with Crippen molar-refractivity contribution in [3.8, 4) is 11.5 Å². The fourth-order valence-corrected chi connectivity index (χ4v) is 2.59. The standard InChI is InChI=1S/C21H20N2O3/c1-15-9-10-19(25-2)16(12-15)14-26-20-8-4-3-7-18(20)21(24)23-17-6-5-11-22-13-17/h3-13H,14H2,1-2H3,(H,23,24). The van der Waals surface area contributed by atoms with E-state index < -0.39 is 0 Å². The van der Waals surface area contributed by atoms with Crippen molar-refractivity contribution in [2.75, 3.05) is 12.4 Å². The Bertz CT molecular complexity index is 895. The summed E-state index contributed by atoms with van der Waals surface area (Å²) in [4.78, 5) is 16.6. The molecule has 3 aromatic rings. The first-order chi connectivity index (χ1) is 12.7. The SMILES string of the molecule is COc1ccc(C)cc1COc1ccccc1C(=O)Nc1cccnc1. The number of carbonyl (C=O) groups excluding carboxylic acids is 1. The molecule has 0 aliphatic rings. The van der Waals surface area contributed by atoms with E-state index in [1.54, 1.807) is 49.8 Å². The molecule has 0 spiro atoms. The van der Waals surface area contributed by atoms with E-state index in [-0.39, 0.29) is 5.91 Å². The van der Waals surface area contributed by atoms with Gasteiger partial charge in [0.2, 0.25) is 0 Å². The monoisotopic (exact) mass is 348 g/mol. The van der Waals surface area contributed by atoms with Crippen molar-refractivity contribution >= 4 is 11.6 Å². The highest BCUT2D eigenvalue weighted by molar-refractivity contribution is 6.06. The van der Waals surface area contributed by atoms with Crippen LogP contribution in [0, 0.1) is 6.92 Å². The van der Waals surface area contributed by atoms with E-state index in [0.29, 0.717) is 23.6 Å². The van der Waals surface area contributed by atoms with Gasteiger partial charge in [0, 0.05) is 11.8 Å². The van der Waals surface area contributed by atoms with Gasteiger partial charge < -0.3 is 14.8 Å². The Morgan fingerprint density at radius 2 is 1.92 bits per heavy atom. The number of benzene rings is 2. The Balaban J connectivity index is 1.77. The lowest BCUT2D eigenvalue weighted by Crippen LogP contribution is -2.13. The van der Waals surface area contributed by atoms with Crippen LogP contribution < -0.4 is 14.8 Å². The molecule has 0 aliphatic carbocycles. The summed E-state index contributed by atoms with van der Waals surface area (Å²) in [5.41, 5.74) is 3.14. The van der Waals surface area contributed by atoms with Crippen LogP contribution in [0.25, 0.3) is 0 Å². The molecule has 132 valence electrons. The van der Waals surface area contributed by atoms with Gasteiger partial charge in [-0.2, -0.15) is 0 Å². The summed E-state index contributed by atoms with van der Waals surface area (Å²) in [6.45, 7) is 2.32. The second-order valence-electron chi connectivity index (χ2n) is 5.80. The van der Waals surface area contributed by atoms with Crippen LogP contribution in [0.2, 0.25) is 0 Å². The number of para-hydroxylation sites is 1. The van der Waals surface area contributed by atoms with Crippen molar-refractivity contribution in [2.45, 2.75) is 13.5 Å². The van der Waals surface area contributed by atoms with Crippen LogP contribution in [0.4, 0.5) is 5.69 Å². The number of amides is 1. The zero-order chi connectivity index (χ0) is 18.4. The Hall–Kier alpha value is -3.34. The van der Waals surface area contributed by atoms with Gasteiger partial charge in [0.1, 0.15) is 18.1 Å². The third kappa shape index (κ3) is 4.19. The summed E-state index contributed by atoms with van der Waals surface area (Å²) in [6.07, 6.45) is 3.25. The van der Waals surface area contributed by atoms with Gasteiger partial charge in [-0.15, -0.1) is 0 Å². The molecule has 2 aromatic carbocycles. The molecule has 5 heteroatoms. The van der Waals surface area contributed by atoms with Gasteiger partial charge in [0.25, 0.3) is 5.91 Å². The van der Waals surface area contributed by atoms with Gasteiger partial charge in [-0.25, -0.2) is 0 Å². The maximum absolute atomic E-state index is 12.6. The maximum atomic E-state index is 12.6. The molecule has 1 N–H and O–H groups in total. The van der Waals surface area contributed by atoms with E-state index in [4.69, 9.17) is 9.47 Å². The van der Waals surface area contributed by atoms with Crippen LogP contribution in [0.5, 0.6) is 11.5 Å². The molecular weight excluding hydrogens is 328 g/mol. The normalized spacial score (nSPS) is 10.2. The van der Waals surface area contributed by atoms with E-state index in [2.05, 4.69) is 10.3 Å². The molecule has 0 aliphatic heterocycles. The third-order valence-electron chi connectivity index (χ3n) is 3.87. The number of aryl methyl sites for hydroxylation is 1. The number of hydrogen-bond donors (Lipinski definition) is 1. The summed E-state index contributed by atoms with van der Waals surface area (Å²) in [7, 11) is 1.63. The number of ether oxygens (including phenoxy) is 2. The highest BCUT2D eigenvalue weighted by atomic mass is 16.5. The average Bonchev–Trinajstić information content (AvgIpc) is 2.67. The zero-order valence-electron chi connectivity index (χ0n) is 14.7. The second-order valence-corrected chi connectivity index (χ2v) is 5.80. The third-order valence-corrected chi connectivity index (χ3v) is 3.87. The van der Waals surface area contributed by atoms with Gasteiger partial charge >= 0.3 is 0 Å². The van der Waals surface area contributed by atoms with Crippen LogP contribution in [0.3, 0.4) is 0 Å². The molecular formula is C21H20N2O3. The van der Waals surface area contributed by atoms with Crippen LogP contribution >= 0.6 is 0 Å². The first kappa shape index (κ1) is 17.5. The van der Waals surface area contributed by atoms with E-state index in [1.807, 2.05) is 31.2 Å². The Morgan fingerprint density at radius 3 is 2.69 bits per heavy atom. The zero-order valence-corrected chi connectivity index (χ0v) is 14.7. The molecule has 0 atom stereocenters. The largest absolute Gasteiger partial charge is 0.496 e. The number of rotatable bonds is 6. The summed E-state index contributed by atoms with van der Waals surface area (Å²) >= 11 is 0. The van der Waals surface area contributed by atoms with Crippen molar-refractivity contribution in [3.63, 3.8) is 0 Å². The quantitative estimate of drug-likeness (QED) is 0.724. The summed E-state index contributed by atoms with van der Waals surface area (Å²) in [5, 5.41) is 2.82. The van der Waals surface area contributed by atoms with Gasteiger partial charge in [-0.3, -0.25) is 9.78 Å². The maximum Gasteiger partial charge on any atom is 0.259 e. The van der Waals surface area contributed by atoms with Gasteiger partial charge in [0.05, 0.1) is 24.6 Å². The number of methoxy groups -OCH3 is 1. The molecule has 0 unspecified atom stereocenters. The molecule has 1 heterocycles. The van der Waals surface area contributed by atoms with Crippen molar-refractivity contribution < 1.29 is 14.3 Å². The van der Waals surface area contributed by atoms with E-state index in [1.165, 1.54) is 0 Å². The van der Waals surface area contributed by atoms with Crippen LogP contribution in [0.1, 0.15) is 21.5 Å². The minimum absolute atomic E-state index is 0.246. The molecule has 0 bridgehead atoms. The Kier molecular flexibility index (Phi) is 5.49. The molecule has 5 nitrogen and oxygen atoms in total. The van der Waals surface area contributed by atoms with Crippen LogP contribution in [-0.4, -0.2) is 18.0 Å². The van der Waals surface area contributed by atoms with E-state index >= 15 is 0 Å². The van der Waals surface area contributed by atoms with Gasteiger partial charge in [-0.05, 0) is 43.3 Å². The minimum Gasteiger partial charge on any atom is -0.496 e. The molecule has 1 aromatic heterocycles. The first-order valence-corrected chi connectivity index (χ1v) is 8.24. The minimum atomic E-state index is -0.246. The van der Waals surface area contributed by atoms with Crippen molar-refractivity contribution in [3.05, 3.63) is 83.7 Å². The lowest BCUT2D eigenvalue weighted by Gasteiger charge is -2.14. The lowest BCUT2D eigenvalue weighted by atomic mass is 10.1. The predicted octanol–water partition coefficient (Wildman–Crippen LogP) is 4.23. The number of aromatic nitrogens is 1. The molecule has 0 radical (unpaired) electrons. The molecule has 1 amide bonds. The molecule has 3 rings (SSSR count). The van der Waals surface area contributed by atoms with E-state index in [9.17, 15) is 4.79 Å². The summed E-state index contributed by atoms with van der Waals surface area (Å²) in [5.74, 6) is 1.02. The molecule has 0 saturated carbocycles. The predicted molar refractivity (Wildman–Crippen MR) is 101 cm³/mol. The number of nitrogens with one attached hydrogen (secondary N) is 1.